The number of hydrogen-bond acceptors (Lipinski definition) is 4. The third kappa shape index (κ3) is 2.39. The molecule has 5 heteroatoms. The summed E-state index contributed by atoms with van der Waals surface area (Å²) in [6, 6.07) is 4.35. The highest BCUT2D eigenvalue weighted by molar-refractivity contribution is 7.11. The van der Waals surface area contributed by atoms with E-state index >= 15 is 0 Å². The van der Waals surface area contributed by atoms with Crippen molar-refractivity contribution in [2.24, 2.45) is 0 Å². The van der Waals surface area contributed by atoms with Crippen LogP contribution in [0.3, 0.4) is 0 Å². The van der Waals surface area contributed by atoms with Gasteiger partial charge in [-0.3, -0.25) is 0 Å². The maximum absolute atomic E-state index is 9.46. The largest absolute Gasteiger partial charge is 0.310 e. The predicted octanol–water partition coefficient (Wildman–Crippen LogP) is 3.44. The average Bonchev–Trinajstić information content (AvgIpc) is 2.96. The van der Waals surface area contributed by atoms with Crippen LogP contribution in [0.2, 0.25) is 0 Å². The number of fused-ring (bicyclic) bond motifs is 1. The van der Waals surface area contributed by atoms with Crippen molar-refractivity contribution in [3.63, 3.8) is 0 Å². The lowest BCUT2D eigenvalue weighted by Crippen LogP contribution is -2.05. The van der Waals surface area contributed by atoms with Gasteiger partial charge in [0.1, 0.15) is 11.9 Å². The molecule has 2 aromatic heterocycles. The molecule has 0 unspecified atom stereocenters. The SMILES string of the molecule is Cc1ccsc1/C=C(\C#N)c1nnc2n1CCCCC2. The summed E-state index contributed by atoms with van der Waals surface area (Å²) in [7, 11) is 0. The van der Waals surface area contributed by atoms with Crippen LogP contribution in [0.4, 0.5) is 0 Å². The minimum Gasteiger partial charge on any atom is -0.310 e. The number of thiophene rings is 1. The normalized spacial score (nSPS) is 15.5. The Morgan fingerprint density at radius 2 is 2.30 bits per heavy atom. The number of rotatable bonds is 2. The number of hydrogen-bond donors (Lipinski definition) is 0. The lowest BCUT2D eigenvalue weighted by atomic mass is 10.2. The highest BCUT2D eigenvalue weighted by Gasteiger charge is 2.17. The van der Waals surface area contributed by atoms with E-state index in [0.29, 0.717) is 5.57 Å². The summed E-state index contributed by atoms with van der Waals surface area (Å²) in [5.74, 6) is 1.73. The van der Waals surface area contributed by atoms with Gasteiger partial charge in [0.2, 0.25) is 0 Å². The first-order valence-corrected chi connectivity index (χ1v) is 7.76. The molecule has 0 fully saturated rings. The van der Waals surface area contributed by atoms with Crippen molar-refractivity contribution in [1.82, 2.24) is 14.8 Å². The van der Waals surface area contributed by atoms with E-state index in [2.05, 4.69) is 33.8 Å². The van der Waals surface area contributed by atoms with E-state index < -0.39 is 0 Å². The van der Waals surface area contributed by atoms with Gasteiger partial charge in [-0.05, 0) is 42.9 Å². The Labute approximate surface area is 122 Å². The summed E-state index contributed by atoms with van der Waals surface area (Å²) in [4.78, 5) is 1.12. The molecule has 0 N–H and O–H groups in total. The number of aromatic nitrogens is 3. The predicted molar refractivity (Wildman–Crippen MR) is 80.1 cm³/mol. The fraction of sp³-hybridized carbons (Fsp3) is 0.400. The Morgan fingerprint density at radius 1 is 1.40 bits per heavy atom. The Morgan fingerprint density at radius 3 is 3.05 bits per heavy atom. The van der Waals surface area contributed by atoms with Crippen LogP contribution in [0.1, 0.15) is 41.4 Å². The van der Waals surface area contributed by atoms with Crippen molar-refractivity contribution in [2.45, 2.75) is 39.2 Å². The Balaban J connectivity index is 2.03. The zero-order valence-electron chi connectivity index (χ0n) is 11.5. The summed E-state index contributed by atoms with van der Waals surface area (Å²) in [6.45, 7) is 2.97. The molecule has 0 bridgehead atoms. The van der Waals surface area contributed by atoms with Gasteiger partial charge in [-0.15, -0.1) is 21.5 Å². The summed E-state index contributed by atoms with van der Waals surface area (Å²) in [6.07, 6.45) is 6.41. The van der Waals surface area contributed by atoms with Gasteiger partial charge < -0.3 is 4.57 Å². The quantitative estimate of drug-likeness (QED) is 0.794. The zero-order chi connectivity index (χ0) is 13.9. The average molecular weight is 284 g/mol. The van der Waals surface area contributed by atoms with Gasteiger partial charge >= 0.3 is 0 Å². The molecule has 0 aromatic carbocycles. The highest BCUT2D eigenvalue weighted by atomic mass is 32.1. The van der Waals surface area contributed by atoms with Crippen molar-refractivity contribution in [1.29, 1.82) is 5.26 Å². The van der Waals surface area contributed by atoms with E-state index in [1.165, 1.54) is 12.0 Å². The van der Waals surface area contributed by atoms with Gasteiger partial charge in [-0.1, -0.05) is 6.42 Å². The molecule has 0 atom stereocenters. The lowest BCUT2D eigenvalue weighted by molar-refractivity contribution is 0.627. The molecule has 102 valence electrons. The molecule has 2 aromatic rings. The topological polar surface area (TPSA) is 54.5 Å². The first-order valence-electron chi connectivity index (χ1n) is 6.88. The third-order valence-electron chi connectivity index (χ3n) is 3.65. The Hall–Kier alpha value is -1.93. The van der Waals surface area contributed by atoms with Crippen molar-refractivity contribution in [2.75, 3.05) is 0 Å². The van der Waals surface area contributed by atoms with E-state index in [4.69, 9.17) is 0 Å². The number of nitriles is 1. The Bertz CT molecular complexity index is 687. The van der Waals surface area contributed by atoms with Crippen LogP contribution in [0.15, 0.2) is 11.4 Å². The molecule has 0 saturated carbocycles. The lowest BCUT2D eigenvalue weighted by Gasteiger charge is -2.05. The molecule has 0 amide bonds. The minimum absolute atomic E-state index is 0.608. The molecule has 3 heterocycles. The molecular weight excluding hydrogens is 268 g/mol. The molecule has 3 rings (SSSR count). The van der Waals surface area contributed by atoms with Crippen molar-refractivity contribution >= 4 is 23.0 Å². The van der Waals surface area contributed by atoms with E-state index in [1.807, 2.05) is 11.5 Å². The standard InChI is InChI=1S/C15H16N4S/c1-11-6-8-20-13(11)9-12(10-16)15-18-17-14-5-3-2-4-7-19(14)15/h6,8-9H,2-5,7H2,1H3/b12-9+. The number of aryl methyl sites for hydroxylation is 2. The van der Waals surface area contributed by atoms with Crippen molar-refractivity contribution in [3.8, 4) is 6.07 Å². The van der Waals surface area contributed by atoms with Crippen molar-refractivity contribution < 1.29 is 0 Å². The van der Waals surface area contributed by atoms with Crippen LogP contribution in [0.5, 0.6) is 0 Å². The van der Waals surface area contributed by atoms with Crippen LogP contribution in [-0.2, 0) is 13.0 Å². The molecule has 20 heavy (non-hydrogen) atoms. The second kappa shape index (κ2) is 5.59. The smallest absolute Gasteiger partial charge is 0.174 e. The highest BCUT2D eigenvalue weighted by Crippen LogP contribution is 2.24. The molecular formula is C15H16N4S. The summed E-state index contributed by atoms with van der Waals surface area (Å²) in [5.41, 5.74) is 1.80. The fourth-order valence-corrected chi connectivity index (χ4v) is 3.35. The van der Waals surface area contributed by atoms with E-state index in [9.17, 15) is 5.26 Å². The number of nitrogens with zero attached hydrogens (tertiary/aromatic N) is 4. The molecule has 0 aliphatic carbocycles. The van der Waals surface area contributed by atoms with Gasteiger partial charge in [-0.25, -0.2) is 0 Å². The van der Waals surface area contributed by atoms with Crippen LogP contribution in [0.25, 0.3) is 11.6 Å². The monoisotopic (exact) mass is 284 g/mol. The molecule has 0 radical (unpaired) electrons. The summed E-state index contributed by atoms with van der Waals surface area (Å²) < 4.78 is 2.12. The summed E-state index contributed by atoms with van der Waals surface area (Å²) >= 11 is 1.65. The van der Waals surface area contributed by atoms with Crippen LogP contribution < -0.4 is 0 Å². The van der Waals surface area contributed by atoms with E-state index in [-0.39, 0.29) is 0 Å². The third-order valence-corrected chi connectivity index (χ3v) is 4.61. The van der Waals surface area contributed by atoms with Gasteiger partial charge in [0.15, 0.2) is 5.82 Å². The molecule has 4 nitrogen and oxygen atoms in total. The molecule has 1 aliphatic rings. The van der Waals surface area contributed by atoms with Gasteiger partial charge in [0, 0.05) is 17.8 Å². The van der Waals surface area contributed by atoms with Crippen LogP contribution >= 0.6 is 11.3 Å². The molecule has 0 saturated heterocycles. The van der Waals surface area contributed by atoms with E-state index in [1.54, 1.807) is 11.3 Å². The van der Waals surface area contributed by atoms with Crippen LogP contribution in [-0.4, -0.2) is 14.8 Å². The molecule has 0 spiro atoms. The van der Waals surface area contributed by atoms with Crippen LogP contribution in [0, 0.1) is 18.3 Å². The zero-order valence-corrected chi connectivity index (χ0v) is 12.3. The minimum atomic E-state index is 0.608. The summed E-state index contributed by atoms with van der Waals surface area (Å²) in [5, 5.41) is 20.0. The van der Waals surface area contributed by atoms with Crippen molar-refractivity contribution in [3.05, 3.63) is 33.5 Å². The maximum Gasteiger partial charge on any atom is 0.174 e. The second-order valence-corrected chi connectivity index (χ2v) is 5.99. The van der Waals surface area contributed by atoms with Gasteiger partial charge in [0.25, 0.3) is 0 Å². The Kier molecular flexibility index (Phi) is 3.66. The first-order chi connectivity index (χ1) is 9.79. The molecule has 1 aliphatic heterocycles. The van der Waals surface area contributed by atoms with E-state index in [0.717, 1.165) is 42.3 Å². The first kappa shape index (κ1) is 13.1. The maximum atomic E-state index is 9.46. The number of allylic oxidation sites excluding steroid dienone is 1. The second-order valence-electron chi connectivity index (χ2n) is 5.04. The fourth-order valence-electron chi connectivity index (χ4n) is 2.49. The van der Waals surface area contributed by atoms with Gasteiger partial charge in [-0.2, -0.15) is 5.26 Å². The van der Waals surface area contributed by atoms with Gasteiger partial charge in [0.05, 0.1) is 5.57 Å².